The number of carbonyl (C=O) groups is 3. The zero-order valence-electron chi connectivity index (χ0n) is 55.2. The molecule has 0 heterocycles. The minimum Gasteiger partial charge on any atom is -0.462 e. The van der Waals surface area contributed by atoms with Crippen molar-refractivity contribution in [3.8, 4) is 0 Å². The van der Waals surface area contributed by atoms with Crippen molar-refractivity contribution in [1.29, 1.82) is 0 Å². The Bertz CT molecular complexity index is 1570. The molecule has 0 saturated carbocycles. The molecule has 6 heteroatoms. The Kier molecular flexibility index (Phi) is 68.2. The summed E-state index contributed by atoms with van der Waals surface area (Å²) in [6.45, 7) is 6.55. The quantitative estimate of drug-likeness (QED) is 0.0261. The van der Waals surface area contributed by atoms with Gasteiger partial charge >= 0.3 is 17.9 Å². The van der Waals surface area contributed by atoms with Gasteiger partial charge in [-0.3, -0.25) is 14.4 Å². The van der Waals surface area contributed by atoms with Gasteiger partial charge in [0.1, 0.15) is 13.2 Å². The van der Waals surface area contributed by atoms with Crippen molar-refractivity contribution < 1.29 is 28.6 Å². The van der Waals surface area contributed by atoms with E-state index in [1.165, 1.54) is 231 Å². The number of allylic oxidation sites excluding steroid dienone is 14. The zero-order chi connectivity index (χ0) is 59.9. The summed E-state index contributed by atoms with van der Waals surface area (Å²) >= 11 is 0. The van der Waals surface area contributed by atoms with Gasteiger partial charge in [-0.1, -0.05) is 337 Å². The Hall–Kier alpha value is -3.41. The Labute approximate surface area is 515 Å². The van der Waals surface area contributed by atoms with Crippen LogP contribution in [0.25, 0.3) is 0 Å². The summed E-state index contributed by atoms with van der Waals surface area (Å²) < 4.78 is 17.0. The van der Waals surface area contributed by atoms with Gasteiger partial charge < -0.3 is 14.2 Å². The number of esters is 3. The topological polar surface area (TPSA) is 78.9 Å². The van der Waals surface area contributed by atoms with E-state index in [1.807, 2.05) is 0 Å². The monoisotopic (exact) mass is 1160 g/mol. The number of unbranched alkanes of at least 4 members (excludes halogenated alkanes) is 41. The lowest BCUT2D eigenvalue weighted by atomic mass is 10.0. The van der Waals surface area contributed by atoms with E-state index in [0.717, 1.165) is 89.9 Å². The average Bonchev–Trinajstić information content (AvgIpc) is 3.50. The zero-order valence-corrected chi connectivity index (χ0v) is 55.2. The van der Waals surface area contributed by atoms with Crippen molar-refractivity contribution in [2.45, 2.75) is 374 Å². The summed E-state index contributed by atoms with van der Waals surface area (Å²) in [5.74, 6) is -0.913. The van der Waals surface area contributed by atoms with Crippen molar-refractivity contribution >= 4 is 17.9 Å². The van der Waals surface area contributed by atoms with Crippen LogP contribution in [-0.2, 0) is 28.6 Å². The van der Waals surface area contributed by atoms with E-state index in [1.54, 1.807) is 0 Å². The van der Waals surface area contributed by atoms with Crippen LogP contribution in [0.15, 0.2) is 85.1 Å². The van der Waals surface area contributed by atoms with Crippen LogP contribution in [0.2, 0.25) is 0 Å². The molecule has 0 aromatic heterocycles. The third-order valence-electron chi connectivity index (χ3n) is 15.9. The summed E-state index contributed by atoms with van der Waals surface area (Å²) in [4.78, 5) is 38.5. The van der Waals surface area contributed by atoms with Crippen molar-refractivity contribution in [1.82, 2.24) is 0 Å². The van der Waals surface area contributed by atoms with Gasteiger partial charge in [-0.2, -0.15) is 0 Å². The van der Waals surface area contributed by atoms with Crippen LogP contribution in [0.4, 0.5) is 0 Å². The normalized spacial score (nSPS) is 12.6. The Balaban J connectivity index is 4.39. The smallest absolute Gasteiger partial charge is 0.306 e. The third-order valence-corrected chi connectivity index (χ3v) is 15.9. The van der Waals surface area contributed by atoms with Gasteiger partial charge in [-0.25, -0.2) is 0 Å². The molecule has 0 aromatic rings. The maximum absolute atomic E-state index is 13.0. The number of ether oxygens (including phenoxy) is 3. The molecule has 1 unspecified atom stereocenters. The molecule has 0 fully saturated rings. The largest absolute Gasteiger partial charge is 0.462 e. The first-order valence-electron chi connectivity index (χ1n) is 36.1. The molecular weight excluding hydrogens is 1020 g/mol. The first-order chi connectivity index (χ1) is 41.0. The minimum absolute atomic E-state index is 0.0904. The first-order valence-corrected chi connectivity index (χ1v) is 36.1. The molecule has 0 amide bonds. The summed E-state index contributed by atoms with van der Waals surface area (Å²) in [7, 11) is 0. The van der Waals surface area contributed by atoms with Gasteiger partial charge in [0.2, 0.25) is 0 Å². The van der Waals surface area contributed by atoms with Gasteiger partial charge in [0.05, 0.1) is 0 Å². The van der Waals surface area contributed by atoms with E-state index in [0.29, 0.717) is 19.3 Å². The molecule has 6 nitrogen and oxygen atoms in total. The lowest BCUT2D eigenvalue weighted by molar-refractivity contribution is -0.167. The van der Waals surface area contributed by atoms with E-state index in [9.17, 15) is 14.4 Å². The van der Waals surface area contributed by atoms with Gasteiger partial charge in [0.25, 0.3) is 0 Å². The number of rotatable bonds is 66. The Morgan fingerprint density at radius 1 is 0.253 bits per heavy atom. The highest BCUT2D eigenvalue weighted by Crippen LogP contribution is 2.18. The highest BCUT2D eigenvalue weighted by Gasteiger charge is 2.19. The molecule has 0 saturated heterocycles. The van der Waals surface area contributed by atoms with Crippen molar-refractivity contribution in [2.75, 3.05) is 13.2 Å². The van der Waals surface area contributed by atoms with E-state index in [-0.39, 0.29) is 37.5 Å². The van der Waals surface area contributed by atoms with Crippen molar-refractivity contribution in [3.63, 3.8) is 0 Å². The van der Waals surface area contributed by atoms with E-state index >= 15 is 0 Å². The highest BCUT2D eigenvalue weighted by atomic mass is 16.6. The van der Waals surface area contributed by atoms with Crippen molar-refractivity contribution in [2.24, 2.45) is 0 Å². The Morgan fingerprint density at radius 3 is 0.771 bits per heavy atom. The predicted molar refractivity (Wildman–Crippen MR) is 362 cm³/mol. The molecule has 0 spiro atoms. The summed E-state index contributed by atoms with van der Waals surface area (Å²) in [6, 6.07) is 0. The maximum atomic E-state index is 13.0. The predicted octanol–water partition coefficient (Wildman–Crippen LogP) is 25.0. The second kappa shape index (κ2) is 71.1. The van der Waals surface area contributed by atoms with Gasteiger partial charge in [-0.15, -0.1) is 0 Å². The van der Waals surface area contributed by atoms with E-state index in [4.69, 9.17) is 14.2 Å². The van der Waals surface area contributed by atoms with Crippen LogP contribution in [-0.4, -0.2) is 37.2 Å². The number of hydrogen-bond donors (Lipinski definition) is 0. The number of carbonyl (C=O) groups excluding carboxylic acids is 3. The van der Waals surface area contributed by atoms with Gasteiger partial charge in [0, 0.05) is 19.3 Å². The molecule has 0 aliphatic heterocycles. The Morgan fingerprint density at radius 2 is 0.470 bits per heavy atom. The fourth-order valence-corrected chi connectivity index (χ4v) is 10.5. The summed E-state index contributed by atoms with van der Waals surface area (Å²) in [5, 5.41) is 0. The summed E-state index contributed by atoms with van der Waals surface area (Å²) in [6.07, 6.45) is 94.7. The molecular formula is C77H136O6. The maximum Gasteiger partial charge on any atom is 0.306 e. The van der Waals surface area contributed by atoms with Crippen LogP contribution >= 0.6 is 0 Å². The van der Waals surface area contributed by atoms with Crippen LogP contribution in [0, 0.1) is 0 Å². The minimum atomic E-state index is -0.801. The van der Waals surface area contributed by atoms with E-state index < -0.39 is 6.10 Å². The molecule has 0 aliphatic carbocycles. The second-order valence-electron chi connectivity index (χ2n) is 24.1. The second-order valence-corrected chi connectivity index (χ2v) is 24.1. The standard InChI is InChI=1S/C77H136O6/c1-4-7-10-13-16-19-22-25-28-31-34-36-37-38-39-41-43-46-49-52-55-58-61-64-67-70-76(79)82-73-74(72-81-75(78)69-66-63-60-57-54-51-48-45-42-33-30-27-24-21-18-15-12-9-6-3)83-77(80)71-68-65-62-59-56-53-50-47-44-40-35-32-29-26-23-20-17-14-11-8-5-2/h8,11,17,20,26,29,31,34-35,40,47,50,56,59,74H,4-7,9-10,12-16,18-19,21-25,27-28,30,32-33,36-39,41-46,48-49,51-55,57-58,60-73H2,1-3H3/b11-8-,20-17-,29-26-,34-31-,40-35-,50-47-,59-56-. The molecule has 1 atom stereocenters. The molecule has 0 bridgehead atoms. The van der Waals surface area contributed by atoms with Gasteiger partial charge in [0.15, 0.2) is 6.10 Å². The van der Waals surface area contributed by atoms with Crippen LogP contribution < -0.4 is 0 Å². The van der Waals surface area contributed by atoms with Gasteiger partial charge in [-0.05, 0) is 96.3 Å². The fourth-order valence-electron chi connectivity index (χ4n) is 10.5. The molecule has 0 radical (unpaired) electrons. The SMILES string of the molecule is CC/C=C\C/C=C\C/C=C\C/C=C\C/C=C\C/C=C\CCCCC(=O)OC(COC(=O)CCCCCCCCCCCCCCC/C=C\CCCCCCCCCC)COC(=O)CCCCCCCCCCCCCCCCCCCCC. The highest BCUT2D eigenvalue weighted by molar-refractivity contribution is 5.71. The lowest BCUT2D eigenvalue weighted by Crippen LogP contribution is -2.30. The lowest BCUT2D eigenvalue weighted by Gasteiger charge is -2.18. The fraction of sp³-hybridized carbons (Fsp3) is 0.779. The molecule has 0 aromatic carbocycles. The average molecular weight is 1160 g/mol. The van der Waals surface area contributed by atoms with Crippen LogP contribution in [0.1, 0.15) is 367 Å². The number of hydrogen-bond acceptors (Lipinski definition) is 6. The summed E-state index contributed by atoms with van der Waals surface area (Å²) in [5.41, 5.74) is 0. The van der Waals surface area contributed by atoms with E-state index in [2.05, 4.69) is 106 Å². The first kappa shape index (κ1) is 79.6. The molecule has 480 valence electrons. The third kappa shape index (κ3) is 69.3. The molecule has 83 heavy (non-hydrogen) atoms. The molecule has 0 aliphatic rings. The van der Waals surface area contributed by atoms with Crippen LogP contribution in [0.5, 0.6) is 0 Å². The van der Waals surface area contributed by atoms with Crippen molar-refractivity contribution in [3.05, 3.63) is 85.1 Å². The molecule has 0 N–H and O–H groups in total. The van der Waals surface area contributed by atoms with Crippen LogP contribution in [0.3, 0.4) is 0 Å². The molecule has 0 rings (SSSR count).